The van der Waals surface area contributed by atoms with Crippen LogP contribution in [0.1, 0.15) is 46.0 Å². The molecule has 1 fully saturated rings. The molecule has 0 saturated heterocycles. The van der Waals surface area contributed by atoms with E-state index in [1.165, 1.54) is 38.6 Å². The van der Waals surface area contributed by atoms with Gasteiger partial charge in [-0.05, 0) is 31.7 Å². The van der Waals surface area contributed by atoms with E-state index < -0.39 is 0 Å². The van der Waals surface area contributed by atoms with Crippen LogP contribution in [0.15, 0.2) is 0 Å². The summed E-state index contributed by atoms with van der Waals surface area (Å²) < 4.78 is 0. The zero-order valence-electron chi connectivity index (χ0n) is 7.90. The van der Waals surface area contributed by atoms with Crippen LogP contribution < -0.4 is 5.32 Å². The molecular weight excluding hydrogens is 134 g/mol. The summed E-state index contributed by atoms with van der Waals surface area (Å²) >= 11 is 0. The van der Waals surface area contributed by atoms with E-state index in [-0.39, 0.29) is 0 Å². The summed E-state index contributed by atoms with van der Waals surface area (Å²) in [5, 5.41) is 3.59. The maximum atomic E-state index is 3.59. The predicted molar refractivity (Wildman–Crippen MR) is 49.7 cm³/mol. The molecule has 1 heteroatoms. The molecular formula is C10H21N. The van der Waals surface area contributed by atoms with Gasteiger partial charge in [-0.3, -0.25) is 0 Å². The average Bonchev–Trinajstić information content (AvgIpc) is 2.82. The van der Waals surface area contributed by atoms with Gasteiger partial charge < -0.3 is 5.32 Å². The molecule has 0 heterocycles. The van der Waals surface area contributed by atoms with Crippen LogP contribution >= 0.6 is 0 Å². The summed E-state index contributed by atoms with van der Waals surface area (Å²) in [7, 11) is 0. The second kappa shape index (κ2) is 4.76. The number of rotatable bonds is 6. The Morgan fingerprint density at radius 2 is 1.91 bits per heavy atom. The first kappa shape index (κ1) is 9.05. The van der Waals surface area contributed by atoms with Gasteiger partial charge in [0.1, 0.15) is 0 Å². The Morgan fingerprint density at radius 3 is 2.36 bits per heavy atom. The van der Waals surface area contributed by atoms with Crippen molar-refractivity contribution in [1.29, 1.82) is 0 Å². The molecule has 1 saturated carbocycles. The summed E-state index contributed by atoms with van der Waals surface area (Å²) in [5.74, 6) is 1.08. The highest BCUT2D eigenvalue weighted by Gasteiger charge is 2.20. The van der Waals surface area contributed by atoms with E-state index in [1.54, 1.807) is 0 Å². The molecule has 0 spiro atoms. The van der Waals surface area contributed by atoms with Crippen LogP contribution in [-0.4, -0.2) is 12.6 Å². The van der Waals surface area contributed by atoms with Gasteiger partial charge in [-0.2, -0.15) is 0 Å². The molecule has 0 aromatic rings. The highest BCUT2D eigenvalue weighted by Crippen LogP contribution is 2.31. The first-order chi connectivity index (χ1) is 5.36. The molecule has 0 atom stereocenters. The van der Waals surface area contributed by atoms with Gasteiger partial charge in [-0.15, -0.1) is 0 Å². The van der Waals surface area contributed by atoms with E-state index in [4.69, 9.17) is 0 Å². The van der Waals surface area contributed by atoms with Crippen molar-refractivity contribution in [3.05, 3.63) is 0 Å². The fraction of sp³-hybridized carbons (Fsp3) is 1.00. The minimum absolute atomic E-state index is 0.772. The van der Waals surface area contributed by atoms with Crippen molar-refractivity contribution in [3.8, 4) is 0 Å². The Balaban J connectivity index is 1.90. The van der Waals surface area contributed by atoms with Crippen molar-refractivity contribution in [2.45, 2.75) is 52.0 Å². The zero-order chi connectivity index (χ0) is 8.10. The lowest BCUT2D eigenvalue weighted by Gasteiger charge is -2.13. The van der Waals surface area contributed by atoms with Crippen molar-refractivity contribution in [2.24, 2.45) is 5.92 Å². The van der Waals surface area contributed by atoms with Crippen LogP contribution in [-0.2, 0) is 0 Å². The molecule has 0 amide bonds. The van der Waals surface area contributed by atoms with Crippen molar-refractivity contribution < 1.29 is 0 Å². The summed E-state index contributed by atoms with van der Waals surface area (Å²) in [6.07, 6.45) is 6.95. The van der Waals surface area contributed by atoms with E-state index in [0.717, 1.165) is 12.0 Å². The highest BCUT2D eigenvalue weighted by atomic mass is 14.9. The lowest BCUT2D eigenvalue weighted by atomic mass is 10.1. The molecule has 1 rings (SSSR count). The number of nitrogens with one attached hydrogen (secondary N) is 1. The first-order valence-corrected chi connectivity index (χ1v) is 5.10. The summed E-state index contributed by atoms with van der Waals surface area (Å²) in [6, 6.07) is 0.772. The maximum Gasteiger partial charge on any atom is 0.00618 e. The molecule has 11 heavy (non-hydrogen) atoms. The first-order valence-electron chi connectivity index (χ1n) is 5.10. The van der Waals surface area contributed by atoms with Gasteiger partial charge in [0.25, 0.3) is 0 Å². The summed E-state index contributed by atoms with van der Waals surface area (Å²) in [6.45, 7) is 5.77. The molecule has 1 aliphatic carbocycles. The molecule has 1 nitrogen and oxygen atoms in total. The molecule has 1 N–H and O–H groups in total. The van der Waals surface area contributed by atoms with Crippen LogP contribution in [0.2, 0.25) is 0 Å². The Morgan fingerprint density at radius 1 is 1.27 bits per heavy atom. The van der Waals surface area contributed by atoms with Gasteiger partial charge in [0.05, 0.1) is 0 Å². The van der Waals surface area contributed by atoms with Gasteiger partial charge >= 0.3 is 0 Å². The van der Waals surface area contributed by atoms with Crippen molar-refractivity contribution in [2.75, 3.05) is 6.54 Å². The van der Waals surface area contributed by atoms with E-state index in [1.807, 2.05) is 0 Å². The topological polar surface area (TPSA) is 12.0 Å². The van der Waals surface area contributed by atoms with Crippen molar-refractivity contribution in [3.63, 3.8) is 0 Å². The van der Waals surface area contributed by atoms with Gasteiger partial charge in [0.2, 0.25) is 0 Å². The Hall–Kier alpha value is -0.0400. The minimum Gasteiger partial charge on any atom is -0.314 e. The lowest BCUT2D eigenvalue weighted by Crippen LogP contribution is -2.28. The number of hydrogen-bond acceptors (Lipinski definition) is 1. The van der Waals surface area contributed by atoms with Crippen LogP contribution in [0.25, 0.3) is 0 Å². The van der Waals surface area contributed by atoms with Gasteiger partial charge in [-0.25, -0.2) is 0 Å². The van der Waals surface area contributed by atoms with Crippen LogP contribution in [0.4, 0.5) is 0 Å². The molecule has 0 radical (unpaired) electrons. The van der Waals surface area contributed by atoms with E-state index in [2.05, 4.69) is 19.2 Å². The summed E-state index contributed by atoms with van der Waals surface area (Å²) in [5.41, 5.74) is 0. The Bertz CT molecular complexity index is 93.0. The molecule has 0 bridgehead atoms. The second-order valence-corrected chi connectivity index (χ2v) is 3.70. The minimum atomic E-state index is 0.772. The monoisotopic (exact) mass is 155 g/mol. The van der Waals surface area contributed by atoms with Gasteiger partial charge in [-0.1, -0.05) is 26.7 Å². The fourth-order valence-corrected chi connectivity index (χ4v) is 1.48. The standard InChI is InChI=1S/C10H21N/c1-3-10(4-2)11-8-7-9-5-6-9/h9-11H,3-8H2,1-2H3. The van der Waals surface area contributed by atoms with Gasteiger partial charge in [0, 0.05) is 6.04 Å². The highest BCUT2D eigenvalue weighted by molar-refractivity contribution is 4.74. The quantitative estimate of drug-likeness (QED) is 0.621. The lowest BCUT2D eigenvalue weighted by molar-refractivity contribution is 0.470. The smallest absolute Gasteiger partial charge is 0.00618 e. The largest absolute Gasteiger partial charge is 0.314 e. The average molecular weight is 155 g/mol. The van der Waals surface area contributed by atoms with Crippen LogP contribution in [0.5, 0.6) is 0 Å². The van der Waals surface area contributed by atoms with Crippen molar-refractivity contribution in [1.82, 2.24) is 5.32 Å². The van der Waals surface area contributed by atoms with Gasteiger partial charge in [0.15, 0.2) is 0 Å². The molecule has 1 aliphatic rings. The fourth-order valence-electron chi connectivity index (χ4n) is 1.48. The molecule has 0 aromatic heterocycles. The SMILES string of the molecule is CCC(CC)NCCC1CC1. The normalized spacial score (nSPS) is 17.7. The third kappa shape index (κ3) is 3.76. The molecule has 66 valence electrons. The third-order valence-electron chi connectivity index (χ3n) is 2.67. The molecule has 0 aromatic carbocycles. The van der Waals surface area contributed by atoms with Crippen LogP contribution in [0, 0.1) is 5.92 Å². The van der Waals surface area contributed by atoms with E-state index in [0.29, 0.717) is 0 Å². The van der Waals surface area contributed by atoms with E-state index in [9.17, 15) is 0 Å². The zero-order valence-corrected chi connectivity index (χ0v) is 7.90. The summed E-state index contributed by atoms with van der Waals surface area (Å²) in [4.78, 5) is 0. The molecule has 0 aliphatic heterocycles. The van der Waals surface area contributed by atoms with Crippen LogP contribution in [0.3, 0.4) is 0 Å². The third-order valence-corrected chi connectivity index (χ3v) is 2.67. The van der Waals surface area contributed by atoms with Crippen molar-refractivity contribution >= 4 is 0 Å². The number of hydrogen-bond donors (Lipinski definition) is 1. The Labute approximate surface area is 70.6 Å². The second-order valence-electron chi connectivity index (χ2n) is 3.70. The molecule has 0 unspecified atom stereocenters. The predicted octanol–water partition coefficient (Wildman–Crippen LogP) is 2.56. The maximum absolute atomic E-state index is 3.59. The van der Waals surface area contributed by atoms with E-state index >= 15 is 0 Å². The Kier molecular flexibility index (Phi) is 3.92.